The Morgan fingerprint density at radius 2 is 1.15 bits per heavy atom. The second kappa shape index (κ2) is 20.7. The molecule has 0 spiro atoms. The van der Waals surface area contributed by atoms with Crippen molar-refractivity contribution in [2.45, 2.75) is 110 Å². The highest BCUT2D eigenvalue weighted by molar-refractivity contribution is 6.32. The van der Waals surface area contributed by atoms with Crippen LogP contribution in [0.3, 0.4) is 0 Å². The van der Waals surface area contributed by atoms with Gasteiger partial charge in [0.2, 0.25) is 0 Å². The van der Waals surface area contributed by atoms with Gasteiger partial charge in [0.25, 0.3) is 5.91 Å². The van der Waals surface area contributed by atoms with Gasteiger partial charge in [-0.3, -0.25) is 9.59 Å². The molecule has 6 heteroatoms. The topological polar surface area (TPSA) is 75.7 Å². The van der Waals surface area contributed by atoms with Crippen molar-refractivity contribution in [3.63, 3.8) is 0 Å². The number of benzene rings is 2. The minimum absolute atomic E-state index is 0.0887. The van der Waals surface area contributed by atoms with E-state index in [1.807, 2.05) is 42.5 Å². The molecule has 2 aromatic rings. The first-order valence-corrected chi connectivity index (χ1v) is 15.4. The summed E-state index contributed by atoms with van der Waals surface area (Å²) < 4.78 is 4.93. The van der Waals surface area contributed by atoms with Crippen molar-refractivity contribution in [1.29, 1.82) is 0 Å². The molecule has 220 valence electrons. The van der Waals surface area contributed by atoms with E-state index in [2.05, 4.69) is 12.2 Å². The molecule has 40 heavy (non-hydrogen) atoms. The zero-order valence-corrected chi connectivity index (χ0v) is 24.8. The average Bonchev–Trinajstić information content (AvgIpc) is 2.97. The summed E-state index contributed by atoms with van der Waals surface area (Å²) in [4.78, 5) is 38.9. The van der Waals surface area contributed by atoms with Gasteiger partial charge in [-0.15, -0.1) is 0 Å². The predicted octanol–water partition coefficient (Wildman–Crippen LogP) is 7.60. The molecular weight excluding hydrogens is 500 g/mol. The fourth-order valence-electron chi connectivity index (χ4n) is 4.75. The third-order valence-electron chi connectivity index (χ3n) is 7.11. The maximum absolute atomic E-state index is 12.7. The van der Waals surface area contributed by atoms with E-state index in [1.165, 1.54) is 75.5 Å². The van der Waals surface area contributed by atoms with Gasteiger partial charge in [-0.05, 0) is 36.6 Å². The van der Waals surface area contributed by atoms with Gasteiger partial charge < -0.3 is 15.0 Å². The molecule has 0 aliphatic rings. The minimum atomic E-state index is -0.859. The summed E-state index contributed by atoms with van der Waals surface area (Å²) in [6, 6.07) is 16.7. The monoisotopic (exact) mass is 550 g/mol. The average molecular weight is 551 g/mol. The normalized spacial score (nSPS) is 10.8. The highest BCUT2D eigenvalue weighted by Gasteiger charge is 2.23. The number of nitrogens with one attached hydrogen (secondary N) is 1. The Hall–Kier alpha value is -3.15. The third kappa shape index (κ3) is 13.8. The minimum Gasteiger partial charge on any atom is -0.459 e. The van der Waals surface area contributed by atoms with Gasteiger partial charge in [0, 0.05) is 25.2 Å². The lowest BCUT2D eigenvalue weighted by Crippen LogP contribution is -2.36. The Balaban J connectivity index is 1.67. The molecular formula is C34H50N2O4. The second-order valence-corrected chi connectivity index (χ2v) is 10.6. The number of unbranched alkanes of at least 4 members (excludes halogenated alkanes) is 12. The van der Waals surface area contributed by atoms with E-state index in [9.17, 15) is 14.4 Å². The quantitative estimate of drug-likeness (QED) is 0.105. The smallest absolute Gasteiger partial charge is 0.397 e. The van der Waals surface area contributed by atoms with Gasteiger partial charge in [0.1, 0.15) is 0 Å². The van der Waals surface area contributed by atoms with Crippen molar-refractivity contribution in [2.75, 3.05) is 13.2 Å². The van der Waals surface area contributed by atoms with Crippen molar-refractivity contribution < 1.29 is 19.1 Å². The predicted molar refractivity (Wildman–Crippen MR) is 162 cm³/mol. The molecule has 0 bridgehead atoms. The largest absolute Gasteiger partial charge is 0.459 e. The molecule has 0 aromatic heterocycles. The van der Waals surface area contributed by atoms with Crippen molar-refractivity contribution in [3.8, 4) is 0 Å². The van der Waals surface area contributed by atoms with Crippen LogP contribution in [0.15, 0.2) is 54.6 Å². The van der Waals surface area contributed by atoms with Crippen LogP contribution < -0.4 is 5.32 Å². The molecule has 2 amide bonds. The van der Waals surface area contributed by atoms with Gasteiger partial charge in [-0.2, -0.15) is 0 Å². The lowest BCUT2D eigenvalue weighted by atomic mass is 10.0. The SMILES string of the molecule is CCCCCCCCCCCCCCCNC(=O)c1ccc(CN(Cc2ccccc2)C(=O)C(=O)OCC)cc1. The van der Waals surface area contributed by atoms with Crippen LogP contribution in [0, 0.1) is 0 Å². The molecule has 0 heterocycles. The number of esters is 1. The summed E-state index contributed by atoms with van der Waals surface area (Å²) in [5.41, 5.74) is 2.34. The molecule has 0 radical (unpaired) electrons. The first-order valence-electron chi connectivity index (χ1n) is 15.4. The first-order chi connectivity index (χ1) is 19.5. The fraction of sp³-hybridized carbons (Fsp3) is 0.559. The summed E-state index contributed by atoms with van der Waals surface area (Å²) in [6.07, 6.45) is 16.9. The number of carbonyl (C=O) groups excluding carboxylic acids is 3. The Labute approximate surface area is 241 Å². The van der Waals surface area contributed by atoms with E-state index in [1.54, 1.807) is 19.1 Å². The van der Waals surface area contributed by atoms with Gasteiger partial charge in [0.05, 0.1) is 6.61 Å². The highest BCUT2D eigenvalue weighted by Crippen LogP contribution is 2.14. The van der Waals surface area contributed by atoms with Crippen LogP contribution in [-0.2, 0) is 27.4 Å². The Morgan fingerprint density at radius 1 is 0.650 bits per heavy atom. The number of hydrogen-bond donors (Lipinski definition) is 1. The van der Waals surface area contributed by atoms with Crippen molar-refractivity contribution in [2.24, 2.45) is 0 Å². The van der Waals surface area contributed by atoms with Crippen LogP contribution in [0.5, 0.6) is 0 Å². The molecule has 0 atom stereocenters. The number of amides is 2. The van der Waals surface area contributed by atoms with E-state index in [0.717, 1.165) is 24.0 Å². The Kier molecular flexibility index (Phi) is 17.1. The van der Waals surface area contributed by atoms with Crippen LogP contribution in [-0.4, -0.2) is 35.8 Å². The lowest BCUT2D eigenvalue weighted by Gasteiger charge is -2.22. The van der Waals surface area contributed by atoms with E-state index in [4.69, 9.17) is 4.74 Å². The van der Waals surface area contributed by atoms with E-state index in [-0.39, 0.29) is 19.1 Å². The number of nitrogens with zero attached hydrogens (tertiary/aromatic N) is 1. The number of hydrogen-bond acceptors (Lipinski definition) is 4. The van der Waals surface area contributed by atoms with E-state index < -0.39 is 11.9 Å². The Morgan fingerprint density at radius 3 is 1.68 bits per heavy atom. The molecule has 0 aliphatic heterocycles. The molecule has 0 aliphatic carbocycles. The third-order valence-corrected chi connectivity index (χ3v) is 7.11. The van der Waals surface area contributed by atoms with Crippen LogP contribution in [0.1, 0.15) is 119 Å². The fourth-order valence-corrected chi connectivity index (χ4v) is 4.75. The molecule has 1 N–H and O–H groups in total. The molecule has 6 nitrogen and oxygen atoms in total. The van der Waals surface area contributed by atoms with Gasteiger partial charge in [-0.25, -0.2) is 4.79 Å². The molecule has 2 rings (SSSR count). The number of ether oxygens (including phenoxy) is 1. The van der Waals surface area contributed by atoms with Gasteiger partial charge in [0.15, 0.2) is 0 Å². The van der Waals surface area contributed by atoms with Crippen molar-refractivity contribution in [3.05, 3.63) is 71.3 Å². The van der Waals surface area contributed by atoms with E-state index in [0.29, 0.717) is 18.7 Å². The summed E-state index contributed by atoms with van der Waals surface area (Å²) in [7, 11) is 0. The van der Waals surface area contributed by atoms with Crippen LogP contribution >= 0.6 is 0 Å². The standard InChI is InChI=1S/C34H50N2O4/c1-3-5-6-7-8-9-10-11-12-13-14-15-19-26-35-32(37)31-24-22-30(23-25-31)28-36(33(38)34(39)40-4-2)27-29-20-17-16-18-21-29/h16-18,20-25H,3-15,19,26-28H2,1-2H3,(H,35,37). The lowest BCUT2D eigenvalue weighted by molar-refractivity contribution is -0.160. The second-order valence-electron chi connectivity index (χ2n) is 10.6. The summed E-state index contributed by atoms with van der Waals surface area (Å²) in [5, 5.41) is 3.01. The highest BCUT2D eigenvalue weighted by atomic mass is 16.5. The Bertz CT molecular complexity index is 975. The van der Waals surface area contributed by atoms with Crippen molar-refractivity contribution in [1.82, 2.24) is 10.2 Å². The summed E-state index contributed by atoms with van der Waals surface area (Å²) in [6.45, 7) is 5.30. The maximum atomic E-state index is 12.7. The van der Waals surface area contributed by atoms with Gasteiger partial charge >= 0.3 is 11.9 Å². The number of rotatable bonds is 20. The van der Waals surface area contributed by atoms with Crippen LogP contribution in [0.2, 0.25) is 0 Å². The molecule has 0 unspecified atom stereocenters. The summed E-state index contributed by atoms with van der Waals surface area (Å²) in [5.74, 6) is -1.62. The summed E-state index contributed by atoms with van der Waals surface area (Å²) >= 11 is 0. The molecule has 0 saturated carbocycles. The van der Waals surface area contributed by atoms with Crippen LogP contribution in [0.25, 0.3) is 0 Å². The van der Waals surface area contributed by atoms with E-state index >= 15 is 0 Å². The zero-order valence-electron chi connectivity index (χ0n) is 24.8. The zero-order chi connectivity index (χ0) is 28.8. The van der Waals surface area contributed by atoms with Crippen LogP contribution in [0.4, 0.5) is 0 Å². The van der Waals surface area contributed by atoms with Gasteiger partial charge in [-0.1, -0.05) is 126 Å². The number of carbonyl (C=O) groups is 3. The maximum Gasteiger partial charge on any atom is 0.397 e. The first kappa shape index (κ1) is 33.1. The molecule has 0 fully saturated rings. The molecule has 0 saturated heterocycles. The molecule has 2 aromatic carbocycles. The van der Waals surface area contributed by atoms with Crippen molar-refractivity contribution >= 4 is 17.8 Å².